The fourth-order valence-corrected chi connectivity index (χ4v) is 1.73. The van der Waals surface area contributed by atoms with Gasteiger partial charge in [-0.1, -0.05) is 0 Å². The maximum absolute atomic E-state index is 11.2. The second-order valence-electron chi connectivity index (χ2n) is 3.68. The molecular weight excluding hydrogens is 168 g/mol. The number of hydrogen-bond acceptors (Lipinski definition) is 3. The van der Waals surface area contributed by atoms with Gasteiger partial charge in [-0.25, -0.2) is 4.79 Å². The van der Waals surface area contributed by atoms with Gasteiger partial charge in [-0.05, 0) is 25.7 Å². The third kappa shape index (κ3) is 2.59. The zero-order valence-electron chi connectivity index (χ0n) is 8.32. The average molecular weight is 186 g/mol. The van der Waals surface area contributed by atoms with Crippen LogP contribution in [-0.4, -0.2) is 37.2 Å². The van der Waals surface area contributed by atoms with Crippen LogP contribution in [0.25, 0.3) is 0 Å². The van der Waals surface area contributed by atoms with Crippen LogP contribution >= 0.6 is 0 Å². The highest BCUT2D eigenvalue weighted by Crippen LogP contribution is 2.18. The number of hydrogen-bond donors (Lipinski definition) is 1. The van der Waals surface area contributed by atoms with Gasteiger partial charge in [0.15, 0.2) is 0 Å². The monoisotopic (exact) mass is 186 g/mol. The number of methoxy groups -OCH3 is 1. The highest BCUT2D eigenvalue weighted by Gasteiger charge is 2.25. The average Bonchev–Trinajstić information content (AvgIpc) is 2.17. The highest BCUT2D eigenvalue weighted by atomic mass is 16.5. The van der Waals surface area contributed by atoms with Crippen LogP contribution in [-0.2, 0) is 4.74 Å². The Morgan fingerprint density at radius 1 is 1.69 bits per heavy atom. The molecule has 0 aliphatic carbocycles. The lowest BCUT2D eigenvalue weighted by Crippen LogP contribution is -2.44. The Kier molecular flexibility index (Phi) is 3.54. The molecule has 1 rings (SSSR count). The Morgan fingerprint density at radius 2 is 2.38 bits per heavy atom. The summed E-state index contributed by atoms with van der Waals surface area (Å²) in [6.45, 7) is 3.53. The number of piperidine rings is 1. The van der Waals surface area contributed by atoms with Crippen LogP contribution in [0.15, 0.2) is 0 Å². The van der Waals surface area contributed by atoms with Crippen LogP contribution < -0.4 is 5.73 Å². The summed E-state index contributed by atoms with van der Waals surface area (Å²) >= 11 is 0. The maximum atomic E-state index is 11.2. The first-order chi connectivity index (χ1) is 6.15. The summed E-state index contributed by atoms with van der Waals surface area (Å²) in [5.74, 6) is 0.424. The SMILES string of the molecule is COC(=O)N1CCCC([C@@H](C)N)C1. The minimum atomic E-state index is -0.231. The van der Waals surface area contributed by atoms with E-state index in [4.69, 9.17) is 5.73 Å². The van der Waals surface area contributed by atoms with E-state index in [9.17, 15) is 4.79 Å². The highest BCUT2D eigenvalue weighted by molar-refractivity contribution is 5.67. The first-order valence-electron chi connectivity index (χ1n) is 4.73. The lowest BCUT2D eigenvalue weighted by Gasteiger charge is -2.33. The summed E-state index contributed by atoms with van der Waals surface area (Å²) in [7, 11) is 1.41. The van der Waals surface area contributed by atoms with E-state index in [0.717, 1.165) is 25.9 Å². The van der Waals surface area contributed by atoms with Crippen molar-refractivity contribution in [1.29, 1.82) is 0 Å². The molecule has 13 heavy (non-hydrogen) atoms. The van der Waals surface area contributed by atoms with Crippen LogP contribution in [0.1, 0.15) is 19.8 Å². The Bertz CT molecular complexity index is 182. The Balaban J connectivity index is 2.46. The molecule has 1 fully saturated rings. The van der Waals surface area contributed by atoms with Crippen molar-refractivity contribution in [2.45, 2.75) is 25.8 Å². The number of ether oxygens (including phenoxy) is 1. The van der Waals surface area contributed by atoms with Crippen molar-refractivity contribution >= 4 is 6.09 Å². The van der Waals surface area contributed by atoms with Crippen LogP contribution in [0.3, 0.4) is 0 Å². The third-order valence-corrected chi connectivity index (χ3v) is 2.63. The smallest absolute Gasteiger partial charge is 0.409 e. The zero-order chi connectivity index (χ0) is 9.84. The largest absolute Gasteiger partial charge is 0.453 e. The molecule has 0 aromatic heterocycles. The van der Waals surface area contributed by atoms with Crippen LogP contribution in [0, 0.1) is 5.92 Å². The molecule has 0 saturated carbocycles. The molecule has 76 valence electrons. The third-order valence-electron chi connectivity index (χ3n) is 2.63. The molecule has 1 amide bonds. The van der Waals surface area contributed by atoms with Gasteiger partial charge in [0, 0.05) is 19.1 Å². The molecule has 4 nitrogen and oxygen atoms in total. The lowest BCUT2D eigenvalue weighted by atomic mass is 9.92. The molecule has 4 heteroatoms. The first-order valence-corrected chi connectivity index (χ1v) is 4.73. The van der Waals surface area contributed by atoms with Gasteiger partial charge in [0.2, 0.25) is 0 Å². The van der Waals surface area contributed by atoms with E-state index in [1.54, 1.807) is 4.90 Å². The lowest BCUT2D eigenvalue weighted by molar-refractivity contribution is 0.0986. The summed E-state index contributed by atoms with van der Waals surface area (Å²) in [5.41, 5.74) is 5.79. The molecule has 0 spiro atoms. The van der Waals surface area contributed by atoms with Crippen molar-refractivity contribution in [3.63, 3.8) is 0 Å². The number of carbonyl (C=O) groups excluding carboxylic acids is 1. The summed E-state index contributed by atoms with van der Waals surface area (Å²) in [6, 6.07) is 0.160. The molecular formula is C9H18N2O2. The summed E-state index contributed by atoms with van der Waals surface area (Å²) in [5, 5.41) is 0. The minimum Gasteiger partial charge on any atom is -0.453 e. The van der Waals surface area contributed by atoms with Gasteiger partial charge in [-0.2, -0.15) is 0 Å². The fraction of sp³-hybridized carbons (Fsp3) is 0.889. The molecule has 1 aliphatic heterocycles. The summed E-state index contributed by atoms with van der Waals surface area (Å²) in [6.07, 6.45) is 1.91. The predicted octanol–water partition coefficient (Wildman–Crippen LogP) is 0.812. The van der Waals surface area contributed by atoms with Gasteiger partial charge in [0.25, 0.3) is 0 Å². The second-order valence-corrected chi connectivity index (χ2v) is 3.68. The molecule has 0 aromatic rings. The van der Waals surface area contributed by atoms with E-state index in [2.05, 4.69) is 4.74 Å². The molecule has 1 unspecified atom stereocenters. The van der Waals surface area contributed by atoms with Gasteiger partial charge in [-0.3, -0.25) is 0 Å². The van der Waals surface area contributed by atoms with Crippen molar-refractivity contribution in [3.05, 3.63) is 0 Å². The normalized spacial score (nSPS) is 25.5. The molecule has 0 radical (unpaired) electrons. The van der Waals surface area contributed by atoms with Crippen molar-refractivity contribution in [2.24, 2.45) is 11.7 Å². The Labute approximate surface area is 79.0 Å². The Hall–Kier alpha value is -0.770. The van der Waals surface area contributed by atoms with Crippen LogP contribution in [0.2, 0.25) is 0 Å². The van der Waals surface area contributed by atoms with Gasteiger partial charge in [0.05, 0.1) is 7.11 Å². The summed E-state index contributed by atoms with van der Waals surface area (Å²) in [4.78, 5) is 12.9. The second kappa shape index (κ2) is 4.46. The van der Waals surface area contributed by atoms with Gasteiger partial charge >= 0.3 is 6.09 Å². The van der Waals surface area contributed by atoms with Crippen LogP contribution in [0.5, 0.6) is 0 Å². The number of carbonyl (C=O) groups is 1. The molecule has 1 saturated heterocycles. The molecule has 2 N–H and O–H groups in total. The fourth-order valence-electron chi connectivity index (χ4n) is 1.73. The van der Waals surface area contributed by atoms with Crippen molar-refractivity contribution < 1.29 is 9.53 Å². The quantitative estimate of drug-likeness (QED) is 0.659. The standard InChI is InChI=1S/C9H18N2O2/c1-7(10)8-4-3-5-11(6-8)9(12)13-2/h7-8H,3-6,10H2,1-2H3/t7-,8?/m1/s1. The van der Waals surface area contributed by atoms with Crippen molar-refractivity contribution in [3.8, 4) is 0 Å². The number of amides is 1. The zero-order valence-corrected chi connectivity index (χ0v) is 8.32. The maximum Gasteiger partial charge on any atom is 0.409 e. The van der Waals surface area contributed by atoms with Crippen molar-refractivity contribution in [2.75, 3.05) is 20.2 Å². The molecule has 2 atom stereocenters. The van der Waals surface area contributed by atoms with E-state index < -0.39 is 0 Å². The van der Waals surface area contributed by atoms with Gasteiger partial charge in [-0.15, -0.1) is 0 Å². The van der Waals surface area contributed by atoms with Gasteiger partial charge in [0.1, 0.15) is 0 Å². The van der Waals surface area contributed by atoms with E-state index in [0.29, 0.717) is 5.92 Å². The number of rotatable bonds is 1. The topological polar surface area (TPSA) is 55.6 Å². The van der Waals surface area contributed by atoms with E-state index in [-0.39, 0.29) is 12.1 Å². The molecule has 0 bridgehead atoms. The van der Waals surface area contributed by atoms with E-state index in [1.165, 1.54) is 7.11 Å². The first kappa shape index (κ1) is 10.3. The van der Waals surface area contributed by atoms with E-state index >= 15 is 0 Å². The minimum absolute atomic E-state index is 0.160. The van der Waals surface area contributed by atoms with Gasteiger partial charge < -0.3 is 15.4 Å². The molecule has 1 aliphatic rings. The van der Waals surface area contributed by atoms with E-state index in [1.807, 2.05) is 6.92 Å². The number of nitrogens with two attached hydrogens (primary N) is 1. The van der Waals surface area contributed by atoms with Crippen molar-refractivity contribution in [1.82, 2.24) is 4.90 Å². The Morgan fingerprint density at radius 3 is 2.92 bits per heavy atom. The summed E-state index contributed by atoms with van der Waals surface area (Å²) < 4.78 is 4.66. The number of likely N-dealkylation sites (tertiary alicyclic amines) is 1. The molecule has 0 aromatic carbocycles. The molecule has 1 heterocycles. The predicted molar refractivity (Wildman–Crippen MR) is 50.4 cm³/mol. The number of nitrogens with zero attached hydrogens (tertiary/aromatic N) is 1. The van der Waals surface area contributed by atoms with Crippen LogP contribution in [0.4, 0.5) is 4.79 Å².